The minimum atomic E-state index is -1.24. The van der Waals surface area contributed by atoms with E-state index in [1.807, 2.05) is 0 Å². The van der Waals surface area contributed by atoms with Gasteiger partial charge in [-0.3, -0.25) is 9.69 Å². The van der Waals surface area contributed by atoms with Crippen molar-refractivity contribution in [1.82, 2.24) is 0 Å². The Kier molecular flexibility index (Phi) is 4.87. The number of nitrogens with zero attached hydrogens (tertiary/aromatic N) is 1. The van der Waals surface area contributed by atoms with Gasteiger partial charge in [-0.25, -0.2) is 0 Å². The molecule has 3 rings (SSSR count). The molecule has 1 heterocycles. The topological polar surface area (TPSA) is 69.7 Å². The molecule has 0 bridgehead atoms. The zero-order valence-electron chi connectivity index (χ0n) is 13.1. The Morgan fingerprint density at radius 3 is 2.36 bits per heavy atom. The number of rotatable bonds is 4. The van der Waals surface area contributed by atoms with Crippen LogP contribution in [0.3, 0.4) is 0 Å². The lowest BCUT2D eigenvalue weighted by atomic mass is 10.1. The molecular weight excluding hydrogens is 358 g/mol. The van der Waals surface area contributed by atoms with E-state index in [-0.39, 0.29) is 11.5 Å². The second-order valence-corrected chi connectivity index (χ2v) is 6.80. The molecule has 1 saturated heterocycles. The van der Waals surface area contributed by atoms with Gasteiger partial charge in [-0.2, -0.15) is 0 Å². The molecule has 0 unspecified atom stereocenters. The third kappa shape index (κ3) is 3.57. The summed E-state index contributed by atoms with van der Waals surface area (Å²) in [5.74, 6) is -0.765. The fourth-order valence-corrected chi connectivity index (χ4v) is 3.59. The van der Waals surface area contributed by atoms with E-state index < -0.39 is 5.97 Å². The minimum Gasteiger partial charge on any atom is -0.545 e. The first-order valence-corrected chi connectivity index (χ1v) is 8.45. The second kappa shape index (κ2) is 7.08. The number of methoxy groups -OCH3 is 1. The van der Waals surface area contributed by atoms with Gasteiger partial charge >= 0.3 is 0 Å². The molecule has 126 valence electrons. The number of benzene rings is 2. The van der Waals surface area contributed by atoms with Gasteiger partial charge in [0.15, 0.2) is 4.32 Å². The van der Waals surface area contributed by atoms with Crippen molar-refractivity contribution in [2.45, 2.75) is 0 Å². The van der Waals surface area contributed by atoms with E-state index in [2.05, 4.69) is 0 Å². The van der Waals surface area contributed by atoms with Crippen LogP contribution in [0.5, 0.6) is 5.75 Å². The van der Waals surface area contributed by atoms with Gasteiger partial charge in [-0.15, -0.1) is 0 Å². The van der Waals surface area contributed by atoms with Gasteiger partial charge in [0.1, 0.15) is 5.75 Å². The zero-order chi connectivity index (χ0) is 18.0. The number of anilines is 1. The van der Waals surface area contributed by atoms with E-state index in [9.17, 15) is 14.7 Å². The van der Waals surface area contributed by atoms with Crippen molar-refractivity contribution in [1.29, 1.82) is 0 Å². The Hall–Kier alpha value is -2.64. The van der Waals surface area contributed by atoms with Gasteiger partial charge in [0.25, 0.3) is 5.91 Å². The first-order valence-electron chi connectivity index (χ1n) is 7.23. The first kappa shape index (κ1) is 17.2. The van der Waals surface area contributed by atoms with Crippen LogP contribution in [0.2, 0.25) is 0 Å². The minimum absolute atomic E-state index is 0.0860. The van der Waals surface area contributed by atoms with Crippen molar-refractivity contribution in [2.75, 3.05) is 12.0 Å². The molecule has 1 aliphatic heterocycles. The number of carbonyl (C=O) groups excluding carboxylic acids is 2. The van der Waals surface area contributed by atoms with Gasteiger partial charge in [-0.05, 0) is 41.5 Å². The van der Waals surface area contributed by atoms with E-state index in [4.69, 9.17) is 17.0 Å². The number of hydrogen-bond donors (Lipinski definition) is 0. The van der Waals surface area contributed by atoms with Gasteiger partial charge in [0, 0.05) is 0 Å². The summed E-state index contributed by atoms with van der Waals surface area (Å²) in [6, 6.07) is 13.2. The van der Waals surface area contributed by atoms with Crippen molar-refractivity contribution < 1.29 is 19.4 Å². The summed E-state index contributed by atoms with van der Waals surface area (Å²) in [5.41, 5.74) is 1.46. The average molecular weight is 370 g/mol. The molecule has 2 aromatic carbocycles. The SMILES string of the molecule is COc1ccc(N2C(=O)/C(=C\c3ccc(C(=O)[O-])cc3)SC2=S)cc1. The Balaban J connectivity index is 1.85. The van der Waals surface area contributed by atoms with Crippen molar-refractivity contribution >= 4 is 51.9 Å². The second-order valence-electron chi connectivity index (χ2n) is 5.12. The summed E-state index contributed by atoms with van der Waals surface area (Å²) < 4.78 is 5.55. The Morgan fingerprint density at radius 1 is 1.16 bits per heavy atom. The third-order valence-corrected chi connectivity index (χ3v) is 4.87. The van der Waals surface area contributed by atoms with Crippen LogP contribution in [0.1, 0.15) is 15.9 Å². The molecule has 0 spiro atoms. The molecule has 0 atom stereocenters. The number of carbonyl (C=O) groups is 2. The predicted octanol–water partition coefficient (Wildman–Crippen LogP) is 2.46. The lowest BCUT2D eigenvalue weighted by molar-refractivity contribution is -0.255. The first-order chi connectivity index (χ1) is 12.0. The predicted molar refractivity (Wildman–Crippen MR) is 99.4 cm³/mol. The maximum atomic E-state index is 12.7. The highest BCUT2D eigenvalue weighted by Gasteiger charge is 2.33. The van der Waals surface area contributed by atoms with Crippen LogP contribution in [0.25, 0.3) is 6.08 Å². The van der Waals surface area contributed by atoms with E-state index in [1.165, 1.54) is 28.8 Å². The van der Waals surface area contributed by atoms with Gasteiger partial charge < -0.3 is 14.6 Å². The largest absolute Gasteiger partial charge is 0.545 e. The number of thioether (sulfide) groups is 1. The maximum Gasteiger partial charge on any atom is 0.270 e. The van der Waals surface area contributed by atoms with Gasteiger partial charge in [-0.1, -0.05) is 48.2 Å². The summed E-state index contributed by atoms with van der Waals surface area (Å²) in [6.07, 6.45) is 1.68. The van der Waals surface area contributed by atoms with Gasteiger partial charge in [0.05, 0.1) is 23.7 Å². The fraction of sp³-hybridized carbons (Fsp3) is 0.0556. The number of carboxylic acid groups (broad SMARTS) is 1. The molecule has 7 heteroatoms. The standard InChI is InChI=1S/C18H13NO4S2/c1-23-14-8-6-13(7-9-14)19-16(20)15(25-18(19)24)10-11-2-4-12(5-3-11)17(21)22/h2-10H,1H3,(H,21,22)/p-1/b15-10+. The Bertz CT molecular complexity index is 873. The Morgan fingerprint density at radius 2 is 1.80 bits per heavy atom. The highest BCUT2D eigenvalue weighted by molar-refractivity contribution is 8.27. The Labute approximate surface area is 153 Å². The normalized spacial score (nSPS) is 15.7. The number of aromatic carboxylic acids is 1. The molecule has 0 radical (unpaired) electrons. The van der Waals surface area contributed by atoms with Crippen molar-refractivity contribution in [3.05, 3.63) is 64.6 Å². The lowest BCUT2D eigenvalue weighted by Crippen LogP contribution is -2.27. The number of ether oxygens (including phenoxy) is 1. The molecule has 25 heavy (non-hydrogen) atoms. The highest BCUT2D eigenvalue weighted by Crippen LogP contribution is 2.36. The van der Waals surface area contributed by atoms with Crippen molar-refractivity contribution in [3.8, 4) is 5.75 Å². The molecule has 0 N–H and O–H groups in total. The molecule has 1 fully saturated rings. The van der Waals surface area contributed by atoms with Crippen molar-refractivity contribution in [3.63, 3.8) is 0 Å². The van der Waals surface area contributed by atoms with Crippen LogP contribution in [0, 0.1) is 0 Å². The van der Waals surface area contributed by atoms with E-state index >= 15 is 0 Å². The van der Waals surface area contributed by atoms with E-state index in [1.54, 1.807) is 49.6 Å². The van der Waals surface area contributed by atoms with Crippen LogP contribution in [-0.4, -0.2) is 23.3 Å². The molecule has 2 aromatic rings. The van der Waals surface area contributed by atoms with Crippen LogP contribution in [0.15, 0.2) is 53.4 Å². The highest BCUT2D eigenvalue weighted by atomic mass is 32.2. The van der Waals surface area contributed by atoms with Crippen LogP contribution < -0.4 is 14.7 Å². The summed E-state index contributed by atoms with van der Waals surface area (Å²) in [5, 5.41) is 10.8. The summed E-state index contributed by atoms with van der Waals surface area (Å²) in [6.45, 7) is 0. The summed E-state index contributed by atoms with van der Waals surface area (Å²) in [4.78, 5) is 25.4. The molecule has 1 amide bonds. The zero-order valence-corrected chi connectivity index (χ0v) is 14.7. The fourth-order valence-electron chi connectivity index (χ4n) is 2.29. The van der Waals surface area contributed by atoms with E-state index in [0.29, 0.717) is 26.2 Å². The monoisotopic (exact) mass is 370 g/mol. The quantitative estimate of drug-likeness (QED) is 0.608. The number of thiocarbonyl (C=S) groups is 1. The van der Waals surface area contributed by atoms with Crippen LogP contribution in [0.4, 0.5) is 5.69 Å². The van der Waals surface area contributed by atoms with Crippen LogP contribution in [-0.2, 0) is 4.79 Å². The van der Waals surface area contributed by atoms with E-state index in [0.717, 1.165) is 0 Å². The van der Waals surface area contributed by atoms with Crippen LogP contribution >= 0.6 is 24.0 Å². The summed E-state index contributed by atoms with van der Waals surface area (Å²) in [7, 11) is 1.57. The average Bonchev–Trinajstić information content (AvgIpc) is 2.89. The maximum absolute atomic E-state index is 12.7. The van der Waals surface area contributed by atoms with Gasteiger partial charge in [0.2, 0.25) is 0 Å². The number of hydrogen-bond acceptors (Lipinski definition) is 6. The number of carboxylic acids is 1. The third-order valence-electron chi connectivity index (χ3n) is 3.57. The molecule has 0 aromatic heterocycles. The lowest BCUT2D eigenvalue weighted by Gasteiger charge is -2.14. The number of amides is 1. The molecule has 1 aliphatic rings. The van der Waals surface area contributed by atoms with Crippen molar-refractivity contribution in [2.24, 2.45) is 0 Å². The smallest absolute Gasteiger partial charge is 0.270 e. The molecule has 5 nitrogen and oxygen atoms in total. The summed E-state index contributed by atoms with van der Waals surface area (Å²) >= 11 is 6.52. The molecular formula is C18H12NO4S2-. The molecule has 0 aliphatic carbocycles. The molecule has 0 saturated carbocycles.